The number of thioether (sulfide) groups is 1. The van der Waals surface area contributed by atoms with Crippen molar-refractivity contribution in [3.8, 4) is 0 Å². The van der Waals surface area contributed by atoms with Gasteiger partial charge in [-0.2, -0.15) is 11.8 Å². The van der Waals surface area contributed by atoms with E-state index in [0.717, 1.165) is 34.7 Å². The van der Waals surface area contributed by atoms with Crippen LogP contribution < -0.4 is 0 Å². The maximum atomic E-state index is 11.0. The van der Waals surface area contributed by atoms with Crippen LogP contribution >= 0.6 is 11.8 Å². The second-order valence-electron chi connectivity index (χ2n) is 6.29. The lowest BCUT2D eigenvalue weighted by Crippen LogP contribution is -2.30. The van der Waals surface area contributed by atoms with Gasteiger partial charge in [0.1, 0.15) is 6.61 Å². The third-order valence-corrected chi connectivity index (χ3v) is 6.88. The fourth-order valence-electron chi connectivity index (χ4n) is 4.86. The van der Waals surface area contributed by atoms with E-state index >= 15 is 0 Å². The maximum Gasteiger partial charge on any atom is 0.330 e. The molecular formula is C15H20O3S. The SMILES string of the molecule is C=CC(=O)OCCSC1CC2CC1C1CC3OC3C21. The Balaban J connectivity index is 1.26. The van der Waals surface area contributed by atoms with Crippen LogP contribution in [0.25, 0.3) is 0 Å². The zero-order chi connectivity index (χ0) is 13.0. The fraction of sp³-hybridized carbons (Fsp3) is 0.800. The van der Waals surface area contributed by atoms with Crippen molar-refractivity contribution < 1.29 is 14.3 Å². The van der Waals surface area contributed by atoms with Gasteiger partial charge in [-0.15, -0.1) is 0 Å². The van der Waals surface area contributed by atoms with Gasteiger partial charge in [-0.05, 0) is 42.9 Å². The molecule has 0 spiro atoms. The topological polar surface area (TPSA) is 38.8 Å². The highest BCUT2D eigenvalue weighted by molar-refractivity contribution is 7.99. The second-order valence-corrected chi connectivity index (χ2v) is 7.64. The molecule has 0 N–H and O–H groups in total. The van der Waals surface area contributed by atoms with Gasteiger partial charge in [-0.3, -0.25) is 0 Å². The highest BCUT2D eigenvalue weighted by Gasteiger charge is 2.66. The summed E-state index contributed by atoms with van der Waals surface area (Å²) in [6.07, 6.45) is 6.60. The van der Waals surface area contributed by atoms with Crippen LogP contribution in [-0.4, -0.2) is 35.8 Å². The number of ether oxygens (including phenoxy) is 2. The van der Waals surface area contributed by atoms with E-state index in [1.165, 1.54) is 25.3 Å². The molecule has 3 saturated carbocycles. The van der Waals surface area contributed by atoms with Gasteiger partial charge < -0.3 is 9.47 Å². The third kappa shape index (κ3) is 1.95. The number of carbonyl (C=O) groups excluding carboxylic acids is 1. The predicted molar refractivity (Wildman–Crippen MR) is 73.9 cm³/mol. The number of carbonyl (C=O) groups is 1. The summed E-state index contributed by atoms with van der Waals surface area (Å²) in [5, 5.41) is 0.797. The highest BCUT2D eigenvalue weighted by Crippen LogP contribution is 2.65. The standard InChI is InChI=1S/C15H20O3S/c1-2-13(16)17-3-4-19-12-6-8-5-9(12)10-7-11-15(18-11)14(8)10/h2,8-12,14-15H,1,3-7H2. The molecule has 0 aromatic heterocycles. The van der Waals surface area contributed by atoms with Crippen LogP contribution in [0.2, 0.25) is 0 Å². The first-order chi connectivity index (χ1) is 9.28. The normalized spacial score (nSPS) is 48.7. The molecule has 0 aromatic carbocycles. The summed E-state index contributed by atoms with van der Waals surface area (Å²) in [5.74, 6) is 4.28. The van der Waals surface area contributed by atoms with Crippen LogP contribution in [0, 0.1) is 23.7 Å². The Bertz CT molecular complexity index is 410. The van der Waals surface area contributed by atoms with Gasteiger partial charge in [0, 0.05) is 17.1 Å². The minimum Gasteiger partial charge on any atom is -0.462 e. The molecule has 4 rings (SSSR count). The van der Waals surface area contributed by atoms with Gasteiger partial charge in [0.15, 0.2) is 0 Å². The first-order valence-corrected chi connectivity index (χ1v) is 8.39. The van der Waals surface area contributed by atoms with Crippen molar-refractivity contribution in [3.63, 3.8) is 0 Å². The first-order valence-electron chi connectivity index (χ1n) is 7.34. The van der Waals surface area contributed by atoms with Crippen molar-refractivity contribution in [1.29, 1.82) is 0 Å². The average molecular weight is 280 g/mol. The quantitative estimate of drug-likeness (QED) is 0.335. The van der Waals surface area contributed by atoms with Gasteiger partial charge in [-0.25, -0.2) is 4.79 Å². The minimum atomic E-state index is -0.304. The molecule has 1 aliphatic heterocycles. The van der Waals surface area contributed by atoms with Gasteiger partial charge in [0.05, 0.1) is 12.2 Å². The van der Waals surface area contributed by atoms with Crippen LogP contribution in [0.5, 0.6) is 0 Å². The third-order valence-electron chi connectivity index (χ3n) is 5.51. The molecule has 4 fully saturated rings. The lowest BCUT2D eigenvalue weighted by Gasteiger charge is -2.32. The molecular weight excluding hydrogens is 260 g/mol. The van der Waals surface area contributed by atoms with Crippen LogP contribution in [-0.2, 0) is 14.3 Å². The highest BCUT2D eigenvalue weighted by atomic mass is 32.2. The predicted octanol–water partition coefficient (Wildman–Crippen LogP) is 2.26. The minimum absolute atomic E-state index is 0.304. The summed E-state index contributed by atoms with van der Waals surface area (Å²) >= 11 is 2.01. The van der Waals surface area contributed by atoms with E-state index < -0.39 is 0 Å². The smallest absolute Gasteiger partial charge is 0.330 e. The van der Waals surface area contributed by atoms with Gasteiger partial charge in [-0.1, -0.05) is 6.58 Å². The lowest BCUT2D eigenvalue weighted by molar-refractivity contribution is -0.137. The Kier molecular flexibility index (Phi) is 2.92. The second kappa shape index (κ2) is 4.52. The fourth-order valence-corrected chi connectivity index (χ4v) is 6.29. The molecule has 7 unspecified atom stereocenters. The number of rotatable bonds is 5. The molecule has 0 aromatic rings. The van der Waals surface area contributed by atoms with E-state index in [9.17, 15) is 4.79 Å². The summed E-state index contributed by atoms with van der Waals surface area (Å²) in [6, 6.07) is 0. The Labute approximate surface area is 118 Å². The molecule has 4 aliphatic rings. The molecule has 0 radical (unpaired) electrons. The molecule has 3 nitrogen and oxygen atoms in total. The van der Waals surface area contributed by atoms with Crippen molar-refractivity contribution in [2.75, 3.05) is 12.4 Å². The molecule has 0 amide bonds. The largest absolute Gasteiger partial charge is 0.462 e. The van der Waals surface area contributed by atoms with E-state index in [4.69, 9.17) is 9.47 Å². The number of esters is 1. The summed E-state index contributed by atoms with van der Waals surface area (Å²) in [7, 11) is 0. The monoisotopic (exact) mass is 280 g/mol. The molecule has 2 bridgehead atoms. The van der Waals surface area contributed by atoms with Crippen molar-refractivity contribution >= 4 is 17.7 Å². The molecule has 1 saturated heterocycles. The molecule has 104 valence electrons. The summed E-state index contributed by atoms with van der Waals surface area (Å²) in [5.41, 5.74) is 0. The van der Waals surface area contributed by atoms with Gasteiger partial charge >= 0.3 is 5.97 Å². The van der Waals surface area contributed by atoms with Crippen LogP contribution in [0.1, 0.15) is 19.3 Å². The first kappa shape index (κ1) is 12.3. The number of hydrogen-bond donors (Lipinski definition) is 0. The van der Waals surface area contributed by atoms with Crippen molar-refractivity contribution in [3.05, 3.63) is 12.7 Å². The van der Waals surface area contributed by atoms with E-state index in [1.54, 1.807) is 0 Å². The summed E-state index contributed by atoms with van der Waals surface area (Å²) in [4.78, 5) is 11.0. The number of fused-ring (bicyclic) bond motifs is 7. The zero-order valence-electron chi connectivity index (χ0n) is 11.0. The van der Waals surface area contributed by atoms with Crippen molar-refractivity contribution in [2.45, 2.75) is 36.7 Å². The Hall–Kier alpha value is -0.480. The molecule has 3 aliphatic carbocycles. The van der Waals surface area contributed by atoms with Crippen LogP contribution in [0.15, 0.2) is 12.7 Å². The molecule has 7 atom stereocenters. The Morgan fingerprint density at radius 2 is 2.26 bits per heavy atom. The zero-order valence-corrected chi connectivity index (χ0v) is 11.8. The van der Waals surface area contributed by atoms with E-state index in [1.807, 2.05) is 11.8 Å². The van der Waals surface area contributed by atoms with E-state index in [-0.39, 0.29) is 5.97 Å². The summed E-state index contributed by atoms with van der Waals surface area (Å²) in [6.45, 7) is 3.92. The summed E-state index contributed by atoms with van der Waals surface area (Å²) < 4.78 is 10.8. The Morgan fingerprint density at radius 3 is 3.11 bits per heavy atom. The van der Waals surface area contributed by atoms with Crippen LogP contribution in [0.4, 0.5) is 0 Å². The van der Waals surface area contributed by atoms with Gasteiger partial charge in [0.25, 0.3) is 0 Å². The lowest BCUT2D eigenvalue weighted by atomic mass is 9.81. The molecule has 4 heteroatoms. The molecule has 19 heavy (non-hydrogen) atoms. The van der Waals surface area contributed by atoms with Gasteiger partial charge in [0.2, 0.25) is 0 Å². The number of epoxide rings is 1. The van der Waals surface area contributed by atoms with Crippen molar-refractivity contribution in [2.24, 2.45) is 23.7 Å². The van der Waals surface area contributed by atoms with E-state index in [0.29, 0.717) is 18.8 Å². The maximum absolute atomic E-state index is 11.0. The van der Waals surface area contributed by atoms with Crippen LogP contribution in [0.3, 0.4) is 0 Å². The van der Waals surface area contributed by atoms with Crippen molar-refractivity contribution in [1.82, 2.24) is 0 Å². The average Bonchev–Trinajstić information content (AvgIpc) is 2.79. The molecule has 1 heterocycles. The van der Waals surface area contributed by atoms with E-state index in [2.05, 4.69) is 6.58 Å². The Morgan fingerprint density at radius 1 is 1.37 bits per heavy atom. The number of hydrogen-bond acceptors (Lipinski definition) is 4.